The Morgan fingerprint density at radius 2 is 1.59 bits per heavy atom. The van der Waals surface area contributed by atoms with Gasteiger partial charge >= 0.3 is 7.82 Å². The van der Waals surface area contributed by atoms with Gasteiger partial charge in [-0.2, -0.15) is 0 Å². The van der Waals surface area contributed by atoms with Crippen LogP contribution in [0.3, 0.4) is 0 Å². The van der Waals surface area contributed by atoms with Gasteiger partial charge in [0.2, 0.25) is 0 Å². The van der Waals surface area contributed by atoms with E-state index in [1.54, 1.807) is 0 Å². The van der Waals surface area contributed by atoms with Gasteiger partial charge in [-0.3, -0.25) is 4.52 Å². The highest BCUT2D eigenvalue weighted by molar-refractivity contribution is 7.46. The quantitative estimate of drug-likeness (QED) is 0.338. The van der Waals surface area contributed by atoms with E-state index < -0.39 is 7.82 Å². The molecule has 0 aliphatic carbocycles. The molecule has 0 bridgehead atoms. The molecule has 5 heteroatoms. The van der Waals surface area contributed by atoms with E-state index in [-0.39, 0.29) is 6.61 Å². The molecule has 0 amide bonds. The summed E-state index contributed by atoms with van der Waals surface area (Å²) in [4.78, 5) is 16.9. The van der Waals surface area contributed by atoms with Gasteiger partial charge in [-0.05, 0) is 25.7 Å². The van der Waals surface area contributed by atoms with E-state index in [2.05, 4.69) is 23.6 Å². The summed E-state index contributed by atoms with van der Waals surface area (Å²) in [6, 6.07) is 0. The fraction of sp³-hybridized carbons (Fsp3) is 0.833. The summed E-state index contributed by atoms with van der Waals surface area (Å²) < 4.78 is 14.7. The van der Waals surface area contributed by atoms with Crippen LogP contribution in [0.4, 0.5) is 0 Å². The molecular weight excluding hydrogens is 239 g/mol. The second kappa shape index (κ2) is 11.0. The molecule has 0 rings (SSSR count). The molecule has 0 unspecified atom stereocenters. The zero-order chi connectivity index (χ0) is 13.0. The summed E-state index contributed by atoms with van der Waals surface area (Å²) in [6.45, 7) is 2.32. The number of hydrogen-bond acceptors (Lipinski definition) is 2. The fourth-order valence-electron chi connectivity index (χ4n) is 1.49. The average molecular weight is 264 g/mol. The van der Waals surface area contributed by atoms with Gasteiger partial charge in [0.25, 0.3) is 0 Å². The Morgan fingerprint density at radius 3 is 2.18 bits per heavy atom. The first-order valence-electron chi connectivity index (χ1n) is 6.41. The van der Waals surface area contributed by atoms with Crippen LogP contribution in [0.15, 0.2) is 12.2 Å². The van der Waals surface area contributed by atoms with E-state index >= 15 is 0 Å². The van der Waals surface area contributed by atoms with Crippen LogP contribution in [-0.4, -0.2) is 16.4 Å². The van der Waals surface area contributed by atoms with Crippen molar-refractivity contribution in [2.75, 3.05) is 6.61 Å². The van der Waals surface area contributed by atoms with Gasteiger partial charge in [-0.15, -0.1) is 0 Å². The molecular formula is C12H25O4P. The zero-order valence-corrected chi connectivity index (χ0v) is 11.6. The number of rotatable bonds is 11. The molecule has 0 saturated carbocycles. The van der Waals surface area contributed by atoms with Crippen LogP contribution in [0.25, 0.3) is 0 Å². The van der Waals surface area contributed by atoms with Gasteiger partial charge in [-0.25, -0.2) is 4.57 Å². The third-order valence-electron chi connectivity index (χ3n) is 2.42. The Balaban J connectivity index is 3.18. The smallest absolute Gasteiger partial charge is 0.303 e. The minimum Gasteiger partial charge on any atom is -0.303 e. The minimum atomic E-state index is -4.27. The highest BCUT2D eigenvalue weighted by Crippen LogP contribution is 2.35. The van der Waals surface area contributed by atoms with Crippen molar-refractivity contribution in [2.24, 2.45) is 0 Å². The molecule has 4 nitrogen and oxygen atoms in total. The third-order valence-corrected chi connectivity index (χ3v) is 2.93. The van der Waals surface area contributed by atoms with Crippen molar-refractivity contribution in [1.82, 2.24) is 0 Å². The predicted octanol–water partition coefficient (Wildman–Crippen LogP) is 3.79. The van der Waals surface area contributed by atoms with Crippen LogP contribution in [0.5, 0.6) is 0 Å². The number of allylic oxidation sites excluding steroid dienone is 2. The van der Waals surface area contributed by atoms with Gasteiger partial charge in [0.15, 0.2) is 0 Å². The van der Waals surface area contributed by atoms with Gasteiger partial charge < -0.3 is 9.79 Å². The Bertz CT molecular complexity index is 235. The molecule has 0 aliphatic heterocycles. The Hall–Kier alpha value is -0.150. The van der Waals surface area contributed by atoms with Crippen molar-refractivity contribution in [3.63, 3.8) is 0 Å². The maximum absolute atomic E-state index is 10.3. The highest BCUT2D eigenvalue weighted by Gasteiger charge is 2.11. The monoisotopic (exact) mass is 264 g/mol. The Morgan fingerprint density at radius 1 is 1.00 bits per heavy atom. The summed E-state index contributed by atoms with van der Waals surface area (Å²) >= 11 is 0. The van der Waals surface area contributed by atoms with Gasteiger partial charge in [0, 0.05) is 0 Å². The van der Waals surface area contributed by atoms with Gasteiger partial charge in [0.05, 0.1) is 6.61 Å². The van der Waals surface area contributed by atoms with Gasteiger partial charge in [-0.1, -0.05) is 44.8 Å². The van der Waals surface area contributed by atoms with Crippen LogP contribution in [0.2, 0.25) is 0 Å². The van der Waals surface area contributed by atoms with E-state index in [0.717, 1.165) is 12.8 Å². The number of hydrogen-bond donors (Lipinski definition) is 2. The molecule has 0 radical (unpaired) electrons. The maximum atomic E-state index is 10.3. The summed E-state index contributed by atoms with van der Waals surface area (Å²) in [5.74, 6) is 0. The SMILES string of the molecule is CCCCCCCC=CCCCOP(=O)(O)O. The van der Waals surface area contributed by atoms with E-state index in [0.29, 0.717) is 6.42 Å². The van der Waals surface area contributed by atoms with E-state index in [4.69, 9.17) is 9.79 Å². The maximum Gasteiger partial charge on any atom is 0.469 e. The van der Waals surface area contributed by atoms with Crippen LogP contribution in [0.1, 0.15) is 58.3 Å². The largest absolute Gasteiger partial charge is 0.469 e. The Kier molecular flexibility index (Phi) is 10.9. The number of phosphoric ester groups is 1. The summed E-state index contributed by atoms with van der Waals surface area (Å²) in [6.07, 6.45) is 13.2. The molecule has 0 aromatic carbocycles. The molecule has 0 heterocycles. The van der Waals surface area contributed by atoms with Crippen LogP contribution < -0.4 is 0 Å². The first-order valence-corrected chi connectivity index (χ1v) is 7.94. The third kappa shape index (κ3) is 15.9. The van der Waals surface area contributed by atoms with Crippen molar-refractivity contribution in [2.45, 2.75) is 58.3 Å². The van der Waals surface area contributed by atoms with Crippen molar-refractivity contribution < 1.29 is 18.9 Å². The van der Waals surface area contributed by atoms with E-state index in [9.17, 15) is 4.57 Å². The topological polar surface area (TPSA) is 66.8 Å². The molecule has 0 aromatic rings. The van der Waals surface area contributed by atoms with E-state index in [1.165, 1.54) is 32.1 Å². The van der Waals surface area contributed by atoms with Crippen LogP contribution >= 0.6 is 7.82 Å². The predicted molar refractivity (Wildman–Crippen MR) is 69.7 cm³/mol. The summed E-state index contributed by atoms with van der Waals surface area (Å²) in [5.41, 5.74) is 0. The Labute approximate surface area is 104 Å². The lowest BCUT2D eigenvalue weighted by molar-refractivity contribution is 0.195. The lowest BCUT2D eigenvalue weighted by Gasteiger charge is -2.02. The molecule has 0 atom stereocenters. The first-order chi connectivity index (χ1) is 8.06. The van der Waals surface area contributed by atoms with Crippen molar-refractivity contribution >= 4 is 7.82 Å². The second-order valence-electron chi connectivity index (χ2n) is 4.14. The molecule has 0 spiro atoms. The van der Waals surface area contributed by atoms with Crippen LogP contribution in [0, 0.1) is 0 Å². The van der Waals surface area contributed by atoms with Crippen molar-refractivity contribution in [1.29, 1.82) is 0 Å². The van der Waals surface area contributed by atoms with Crippen molar-refractivity contribution in [3.05, 3.63) is 12.2 Å². The minimum absolute atomic E-state index is 0.116. The second-order valence-corrected chi connectivity index (χ2v) is 5.38. The molecule has 0 aliphatic rings. The van der Waals surface area contributed by atoms with E-state index in [1.807, 2.05) is 0 Å². The lowest BCUT2D eigenvalue weighted by Crippen LogP contribution is -1.90. The molecule has 17 heavy (non-hydrogen) atoms. The molecule has 102 valence electrons. The van der Waals surface area contributed by atoms with Crippen LogP contribution in [-0.2, 0) is 9.09 Å². The molecule has 0 aromatic heterocycles. The normalized spacial score (nSPS) is 12.4. The molecule has 0 fully saturated rings. The fourth-order valence-corrected chi connectivity index (χ4v) is 1.85. The first kappa shape index (κ1) is 16.9. The summed E-state index contributed by atoms with van der Waals surface area (Å²) in [5, 5.41) is 0. The average Bonchev–Trinajstić information content (AvgIpc) is 2.24. The standard InChI is InChI=1S/C12H25O4P/c1-2-3-4-5-6-7-8-9-10-11-12-16-17(13,14)15/h8-9H,2-7,10-12H2,1H3,(H2,13,14,15). The van der Waals surface area contributed by atoms with Crippen molar-refractivity contribution in [3.8, 4) is 0 Å². The molecule has 2 N–H and O–H groups in total. The highest BCUT2D eigenvalue weighted by atomic mass is 31.2. The summed E-state index contributed by atoms with van der Waals surface area (Å²) in [7, 11) is -4.27. The number of phosphoric acid groups is 1. The lowest BCUT2D eigenvalue weighted by atomic mass is 10.1. The number of unbranched alkanes of at least 4 members (excludes halogenated alkanes) is 6. The van der Waals surface area contributed by atoms with Gasteiger partial charge in [0.1, 0.15) is 0 Å². The molecule has 0 saturated heterocycles. The zero-order valence-electron chi connectivity index (χ0n) is 10.7.